The molecule has 0 saturated carbocycles. The van der Waals surface area contributed by atoms with Gasteiger partial charge in [-0.25, -0.2) is 0 Å². The Labute approximate surface area is 186 Å². The van der Waals surface area contributed by atoms with Crippen molar-refractivity contribution in [2.45, 2.75) is 19.4 Å². The molecule has 1 heterocycles. The van der Waals surface area contributed by atoms with E-state index < -0.39 is 6.10 Å². The summed E-state index contributed by atoms with van der Waals surface area (Å²) in [4.78, 5) is 12.9. The number of carbonyl (C=O) groups excluding carboxylic acids is 1. The van der Waals surface area contributed by atoms with Crippen LogP contribution in [0, 0.1) is 0 Å². The number of hydrogen-bond acceptors (Lipinski definition) is 6. The SMILES string of the molecule is CC[C@H](Oc1ccccc1-c1nnc(-c2ccccc2)o1)C(=O)Nc1ccccc1OC. The third-order valence-electron chi connectivity index (χ3n) is 4.86. The summed E-state index contributed by atoms with van der Waals surface area (Å²) >= 11 is 0. The minimum atomic E-state index is -0.724. The molecule has 4 aromatic rings. The third-order valence-corrected chi connectivity index (χ3v) is 4.86. The summed E-state index contributed by atoms with van der Waals surface area (Å²) in [6.07, 6.45) is -0.258. The molecule has 0 radical (unpaired) electrons. The van der Waals surface area contributed by atoms with E-state index in [0.29, 0.717) is 41.0 Å². The standard InChI is InChI=1S/C25H23N3O4/c1-3-20(23(29)26-19-14-8-10-16-22(19)30-2)31-21-15-9-7-13-18(21)25-28-27-24(32-25)17-11-5-4-6-12-17/h4-16,20H,3H2,1-2H3,(H,26,29)/t20-/m0/s1. The monoisotopic (exact) mass is 429 g/mol. The van der Waals surface area contributed by atoms with Crippen molar-refractivity contribution in [1.82, 2.24) is 10.2 Å². The van der Waals surface area contributed by atoms with Gasteiger partial charge in [-0.1, -0.05) is 49.4 Å². The van der Waals surface area contributed by atoms with Crippen LogP contribution in [0.4, 0.5) is 5.69 Å². The molecule has 0 unspecified atom stereocenters. The molecule has 7 nitrogen and oxygen atoms in total. The Kier molecular flexibility index (Phi) is 6.46. The maximum absolute atomic E-state index is 12.9. The Hall–Kier alpha value is -4.13. The van der Waals surface area contributed by atoms with Gasteiger partial charge in [0.2, 0.25) is 5.89 Å². The first-order chi connectivity index (χ1) is 15.7. The predicted octanol–water partition coefficient (Wildman–Crippen LogP) is 5.21. The van der Waals surface area contributed by atoms with Crippen LogP contribution in [0.1, 0.15) is 13.3 Å². The van der Waals surface area contributed by atoms with E-state index in [4.69, 9.17) is 13.9 Å². The first-order valence-electron chi connectivity index (χ1n) is 10.3. The van der Waals surface area contributed by atoms with Crippen LogP contribution in [-0.4, -0.2) is 29.3 Å². The minimum Gasteiger partial charge on any atom is -0.495 e. The molecular weight excluding hydrogens is 406 g/mol. The third kappa shape index (κ3) is 4.62. The van der Waals surface area contributed by atoms with Crippen molar-refractivity contribution in [2.24, 2.45) is 0 Å². The molecule has 1 atom stereocenters. The highest BCUT2D eigenvalue weighted by atomic mass is 16.5. The van der Waals surface area contributed by atoms with Crippen molar-refractivity contribution in [3.8, 4) is 34.4 Å². The Morgan fingerprint density at radius 2 is 1.56 bits per heavy atom. The van der Waals surface area contributed by atoms with Crippen LogP contribution >= 0.6 is 0 Å². The number of ether oxygens (including phenoxy) is 2. The van der Waals surface area contributed by atoms with Gasteiger partial charge in [0.25, 0.3) is 11.8 Å². The summed E-state index contributed by atoms with van der Waals surface area (Å²) in [5.41, 5.74) is 2.03. The predicted molar refractivity (Wildman–Crippen MR) is 122 cm³/mol. The number of nitrogens with one attached hydrogen (secondary N) is 1. The number of benzene rings is 3. The molecule has 32 heavy (non-hydrogen) atoms. The van der Waals surface area contributed by atoms with Crippen molar-refractivity contribution in [3.63, 3.8) is 0 Å². The molecule has 1 aromatic heterocycles. The largest absolute Gasteiger partial charge is 0.495 e. The van der Waals surface area contributed by atoms with Crippen LogP contribution in [0.5, 0.6) is 11.5 Å². The van der Waals surface area contributed by atoms with Crippen molar-refractivity contribution in [3.05, 3.63) is 78.9 Å². The molecule has 0 saturated heterocycles. The molecular formula is C25H23N3O4. The lowest BCUT2D eigenvalue weighted by Gasteiger charge is -2.19. The van der Waals surface area contributed by atoms with E-state index in [0.717, 1.165) is 5.56 Å². The minimum absolute atomic E-state index is 0.276. The number of nitrogens with zero attached hydrogens (tertiary/aromatic N) is 2. The number of rotatable bonds is 8. The van der Waals surface area contributed by atoms with E-state index in [1.54, 1.807) is 25.3 Å². The number of aromatic nitrogens is 2. The van der Waals surface area contributed by atoms with Gasteiger partial charge in [0, 0.05) is 5.56 Å². The topological polar surface area (TPSA) is 86.5 Å². The average Bonchev–Trinajstić information content (AvgIpc) is 3.34. The number of para-hydroxylation sites is 3. The van der Waals surface area contributed by atoms with Crippen LogP contribution in [-0.2, 0) is 4.79 Å². The average molecular weight is 429 g/mol. The quantitative estimate of drug-likeness (QED) is 0.414. The van der Waals surface area contributed by atoms with E-state index in [1.807, 2.05) is 67.6 Å². The fourth-order valence-electron chi connectivity index (χ4n) is 3.21. The number of carbonyl (C=O) groups is 1. The van der Waals surface area contributed by atoms with Gasteiger partial charge in [-0.15, -0.1) is 10.2 Å². The van der Waals surface area contributed by atoms with E-state index in [2.05, 4.69) is 15.5 Å². The molecule has 4 rings (SSSR count). The summed E-state index contributed by atoms with van der Waals surface area (Å²) in [5.74, 6) is 1.52. The highest BCUT2D eigenvalue weighted by molar-refractivity contribution is 5.95. The fourth-order valence-corrected chi connectivity index (χ4v) is 3.21. The molecule has 0 bridgehead atoms. The van der Waals surface area contributed by atoms with E-state index in [-0.39, 0.29) is 5.91 Å². The maximum Gasteiger partial charge on any atom is 0.265 e. The molecule has 7 heteroatoms. The summed E-state index contributed by atoms with van der Waals surface area (Å²) in [5, 5.41) is 11.2. The van der Waals surface area contributed by atoms with Crippen LogP contribution < -0.4 is 14.8 Å². The van der Waals surface area contributed by atoms with Crippen LogP contribution in [0.3, 0.4) is 0 Å². The first kappa shape index (κ1) is 21.1. The van der Waals surface area contributed by atoms with Crippen molar-refractivity contribution in [2.75, 3.05) is 12.4 Å². The lowest BCUT2D eigenvalue weighted by Crippen LogP contribution is -2.32. The Morgan fingerprint density at radius 3 is 2.31 bits per heavy atom. The molecule has 0 spiro atoms. The Balaban J connectivity index is 1.56. The lowest BCUT2D eigenvalue weighted by atomic mass is 10.2. The molecule has 1 N–H and O–H groups in total. The van der Waals surface area contributed by atoms with Gasteiger partial charge in [-0.05, 0) is 42.8 Å². The summed E-state index contributed by atoms with van der Waals surface area (Å²) in [6.45, 7) is 1.88. The molecule has 0 aliphatic heterocycles. The number of anilines is 1. The van der Waals surface area contributed by atoms with Gasteiger partial charge in [0.1, 0.15) is 11.5 Å². The smallest absolute Gasteiger partial charge is 0.265 e. The van der Waals surface area contributed by atoms with E-state index in [1.165, 1.54) is 0 Å². The number of hydrogen-bond donors (Lipinski definition) is 1. The Bertz CT molecular complexity index is 1190. The molecule has 3 aromatic carbocycles. The zero-order valence-corrected chi connectivity index (χ0v) is 17.8. The second-order valence-corrected chi connectivity index (χ2v) is 6.98. The molecule has 0 fully saturated rings. The zero-order valence-electron chi connectivity index (χ0n) is 17.8. The van der Waals surface area contributed by atoms with Crippen LogP contribution in [0.15, 0.2) is 83.3 Å². The van der Waals surface area contributed by atoms with E-state index >= 15 is 0 Å². The number of methoxy groups -OCH3 is 1. The molecule has 1 amide bonds. The number of amides is 1. The summed E-state index contributed by atoms with van der Waals surface area (Å²) in [7, 11) is 1.56. The van der Waals surface area contributed by atoms with Crippen LogP contribution in [0.25, 0.3) is 22.9 Å². The van der Waals surface area contributed by atoms with Gasteiger partial charge in [-0.2, -0.15) is 0 Å². The second-order valence-electron chi connectivity index (χ2n) is 6.98. The van der Waals surface area contributed by atoms with Crippen molar-refractivity contribution < 1.29 is 18.7 Å². The highest BCUT2D eigenvalue weighted by Crippen LogP contribution is 2.32. The fraction of sp³-hybridized carbons (Fsp3) is 0.160. The molecule has 162 valence electrons. The van der Waals surface area contributed by atoms with Gasteiger partial charge in [0.05, 0.1) is 18.4 Å². The van der Waals surface area contributed by atoms with Crippen molar-refractivity contribution in [1.29, 1.82) is 0 Å². The highest BCUT2D eigenvalue weighted by Gasteiger charge is 2.23. The van der Waals surface area contributed by atoms with Gasteiger partial charge in [0.15, 0.2) is 6.10 Å². The molecule has 0 aliphatic carbocycles. The van der Waals surface area contributed by atoms with E-state index in [9.17, 15) is 4.79 Å². The molecule has 0 aliphatic rings. The normalized spacial score (nSPS) is 11.6. The van der Waals surface area contributed by atoms with Crippen LogP contribution in [0.2, 0.25) is 0 Å². The van der Waals surface area contributed by atoms with Crippen molar-refractivity contribution >= 4 is 11.6 Å². The second kappa shape index (κ2) is 9.78. The van der Waals surface area contributed by atoms with Gasteiger partial charge < -0.3 is 19.2 Å². The van der Waals surface area contributed by atoms with Gasteiger partial charge in [-0.3, -0.25) is 4.79 Å². The van der Waals surface area contributed by atoms with Gasteiger partial charge >= 0.3 is 0 Å². The lowest BCUT2D eigenvalue weighted by molar-refractivity contribution is -0.122. The maximum atomic E-state index is 12.9. The summed E-state index contributed by atoms with van der Waals surface area (Å²) in [6, 6.07) is 24.0. The zero-order chi connectivity index (χ0) is 22.3. The summed E-state index contributed by atoms with van der Waals surface area (Å²) < 4.78 is 17.3. The Morgan fingerprint density at radius 1 is 0.906 bits per heavy atom. The first-order valence-corrected chi connectivity index (χ1v) is 10.3.